The number of methoxy groups -OCH3 is 1. The first-order chi connectivity index (χ1) is 8.90. The van der Waals surface area contributed by atoms with Crippen LogP contribution in [0.4, 0.5) is 5.69 Å². The van der Waals surface area contributed by atoms with Gasteiger partial charge in [0.15, 0.2) is 0 Å². The maximum absolute atomic E-state index is 5.41. The minimum atomic E-state index is 0.830. The molecule has 3 heteroatoms. The van der Waals surface area contributed by atoms with E-state index >= 15 is 0 Å². The molecule has 1 aliphatic heterocycles. The number of nitrogens with one attached hydrogen (secondary N) is 1. The summed E-state index contributed by atoms with van der Waals surface area (Å²) < 4.78 is 5.41. The van der Waals surface area contributed by atoms with E-state index in [0.717, 1.165) is 24.4 Å². The predicted octanol–water partition coefficient (Wildman–Crippen LogP) is 3.12. The molecule has 1 aromatic carbocycles. The Bertz CT molecular complexity index is 566. The average molecular weight is 240 g/mol. The van der Waals surface area contributed by atoms with Gasteiger partial charge in [0, 0.05) is 24.0 Å². The zero-order chi connectivity index (χ0) is 12.4. The summed E-state index contributed by atoms with van der Waals surface area (Å²) in [7, 11) is 1.69. The third-order valence-corrected chi connectivity index (χ3v) is 3.34. The highest BCUT2D eigenvalue weighted by Gasteiger charge is 2.16. The molecule has 1 aliphatic rings. The van der Waals surface area contributed by atoms with Crippen molar-refractivity contribution in [3.05, 3.63) is 42.1 Å². The maximum Gasteiger partial charge on any atom is 0.145 e. The number of hydrogen-bond donors (Lipinski definition) is 1. The molecule has 0 spiro atoms. The van der Waals surface area contributed by atoms with E-state index in [-0.39, 0.29) is 0 Å². The van der Waals surface area contributed by atoms with Crippen molar-refractivity contribution in [1.82, 2.24) is 4.98 Å². The van der Waals surface area contributed by atoms with Crippen LogP contribution in [0.1, 0.15) is 12.0 Å². The van der Waals surface area contributed by atoms with Gasteiger partial charge < -0.3 is 10.1 Å². The standard InChI is InChI=1S/C15H16N2O/c1-18-14-8-4-10-17-15(14)12-5-2-7-13-11(12)6-3-9-16-13/h2,4-5,7-8,10,16H,3,6,9H2,1H3. The highest BCUT2D eigenvalue weighted by Crippen LogP contribution is 2.35. The van der Waals surface area contributed by atoms with Crippen LogP contribution in [0.15, 0.2) is 36.5 Å². The SMILES string of the molecule is COc1cccnc1-c1cccc2c1CCCN2. The Morgan fingerprint density at radius 3 is 3.06 bits per heavy atom. The Hall–Kier alpha value is -2.03. The third-order valence-electron chi connectivity index (χ3n) is 3.34. The van der Waals surface area contributed by atoms with Crippen molar-refractivity contribution in [1.29, 1.82) is 0 Å². The fourth-order valence-corrected chi connectivity index (χ4v) is 2.49. The Kier molecular flexibility index (Phi) is 2.89. The summed E-state index contributed by atoms with van der Waals surface area (Å²) in [4.78, 5) is 4.48. The summed E-state index contributed by atoms with van der Waals surface area (Å²) in [5, 5.41) is 3.44. The Morgan fingerprint density at radius 2 is 2.17 bits per heavy atom. The van der Waals surface area contributed by atoms with Gasteiger partial charge in [-0.3, -0.25) is 4.98 Å². The first-order valence-electron chi connectivity index (χ1n) is 6.25. The van der Waals surface area contributed by atoms with Crippen molar-refractivity contribution >= 4 is 5.69 Å². The van der Waals surface area contributed by atoms with E-state index < -0.39 is 0 Å². The lowest BCUT2D eigenvalue weighted by Crippen LogP contribution is -2.12. The zero-order valence-electron chi connectivity index (χ0n) is 10.4. The smallest absolute Gasteiger partial charge is 0.145 e. The molecule has 0 amide bonds. The number of aromatic nitrogens is 1. The summed E-state index contributed by atoms with van der Waals surface area (Å²) in [5.74, 6) is 0.830. The van der Waals surface area contributed by atoms with Gasteiger partial charge in [0.2, 0.25) is 0 Å². The normalized spacial score (nSPS) is 13.6. The van der Waals surface area contributed by atoms with Crippen LogP contribution in [0.3, 0.4) is 0 Å². The topological polar surface area (TPSA) is 34.1 Å². The summed E-state index contributed by atoms with van der Waals surface area (Å²) in [5.41, 5.74) is 4.69. The molecule has 0 saturated carbocycles. The summed E-state index contributed by atoms with van der Waals surface area (Å²) >= 11 is 0. The fourth-order valence-electron chi connectivity index (χ4n) is 2.49. The van der Waals surface area contributed by atoms with E-state index in [1.54, 1.807) is 7.11 Å². The molecule has 1 N–H and O–H groups in total. The van der Waals surface area contributed by atoms with Gasteiger partial charge in [-0.15, -0.1) is 0 Å². The third kappa shape index (κ3) is 1.82. The molecule has 2 aromatic rings. The molecule has 3 nitrogen and oxygen atoms in total. The highest BCUT2D eigenvalue weighted by molar-refractivity contribution is 5.76. The molecule has 0 saturated heterocycles. The number of ether oxygens (including phenoxy) is 1. The molecule has 0 unspecified atom stereocenters. The summed E-state index contributed by atoms with van der Waals surface area (Å²) in [6.07, 6.45) is 4.07. The zero-order valence-corrected chi connectivity index (χ0v) is 10.4. The largest absolute Gasteiger partial charge is 0.494 e. The second-order valence-corrected chi connectivity index (χ2v) is 4.42. The summed E-state index contributed by atoms with van der Waals surface area (Å²) in [6, 6.07) is 10.2. The van der Waals surface area contributed by atoms with Crippen molar-refractivity contribution < 1.29 is 4.74 Å². The van der Waals surface area contributed by atoms with Gasteiger partial charge in [0.05, 0.1) is 7.11 Å². The van der Waals surface area contributed by atoms with Crippen molar-refractivity contribution in [2.24, 2.45) is 0 Å². The number of benzene rings is 1. The van der Waals surface area contributed by atoms with Crippen LogP contribution in [0.25, 0.3) is 11.3 Å². The highest BCUT2D eigenvalue weighted by atomic mass is 16.5. The minimum Gasteiger partial charge on any atom is -0.494 e. The van der Waals surface area contributed by atoms with Crippen molar-refractivity contribution in [2.45, 2.75) is 12.8 Å². The van der Waals surface area contributed by atoms with Crippen LogP contribution in [0, 0.1) is 0 Å². The number of anilines is 1. The molecule has 92 valence electrons. The summed E-state index contributed by atoms with van der Waals surface area (Å²) in [6.45, 7) is 1.05. The van der Waals surface area contributed by atoms with Crippen molar-refractivity contribution in [3.63, 3.8) is 0 Å². The van der Waals surface area contributed by atoms with Crippen LogP contribution in [0.5, 0.6) is 5.75 Å². The second kappa shape index (κ2) is 4.69. The van der Waals surface area contributed by atoms with E-state index in [2.05, 4.69) is 28.5 Å². The van der Waals surface area contributed by atoms with Gasteiger partial charge in [-0.25, -0.2) is 0 Å². The predicted molar refractivity (Wildman–Crippen MR) is 73.0 cm³/mol. The van der Waals surface area contributed by atoms with Gasteiger partial charge >= 0.3 is 0 Å². The van der Waals surface area contributed by atoms with Crippen molar-refractivity contribution in [2.75, 3.05) is 19.0 Å². The Labute approximate surface area is 107 Å². The molecular weight excluding hydrogens is 224 g/mol. The average Bonchev–Trinajstić information content (AvgIpc) is 2.46. The lowest BCUT2D eigenvalue weighted by molar-refractivity contribution is 0.415. The molecule has 3 rings (SSSR count). The lowest BCUT2D eigenvalue weighted by Gasteiger charge is -2.21. The van der Waals surface area contributed by atoms with E-state index in [1.807, 2.05) is 18.3 Å². The Morgan fingerprint density at radius 1 is 1.22 bits per heavy atom. The number of rotatable bonds is 2. The van der Waals surface area contributed by atoms with Gasteiger partial charge in [-0.1, -0.05) is 12.1 Å². The molecule has 0 bridgehead atoms. The lowest BCUT2D eigenvalue weighted by atomic mass is 9.95. The van der Waals surface area contributed by atoms with Gasteiger partial charge in [-0.05, 0) is 36.6 Å². The van der Waals surface area contributed by atoms with E-state index in [1.165, 1.54) is 23.2 Å². The Balaban J connectivity index is 2.17. The van der Waals surface area contributed by atoms with Crippen LogP contribution >= 0.6 is 0 Å². The molecule has 0 aliphatic carbocycles. The monoisotopic (exact) mass is 240 g/mol. The molecular formula is C15H16N2O. The molecule has 1 aromatic heterocycles. The molecule has 0 fully saturated rings. The van der Waals surface area contributed by atoms with Crippen LogP contribution in [0.2, 0.25) is 0 Å². The molecule has 0 radical (unpaired) electrons. The van der Waals surface area contributed by atoms with Crippen LogP contribution in [-0.2, 0) is 6.42 Å². The van der Waals surface area contributed by atoms with E-state index in [0.29, 0.717) is 0 Å². The van der Waals surface area contributed by atoms with Gasteiger partial charge in [0.25, 0.3) is 0 Å². The first kappa shape index (κ1) is 11.1. The van der Waals surface area contributed by atoms with Crippen molar-refractivity contribution in [3.8, 4) is 17.0 Å². The molecule has 0 atom stereocenters. The second-order valence-electron chi connectivity index (χ2n) is 4.42. The van der Waals surface area contributed by atoms with Gasteiger partial charge in [0.1, 0.15) is 11.4 Å². The van der Waals surface area contributed by atoms with E-state index in [9.17, 15) is 0 Å². The van der Waals surface area contributed by atoms with Crippen LogP contribution in [-0.4, -0.2) is 18.6 Å². The van der Waals surface area contributed by atoms with Crippen LogP contribution < -0.4 is 10.1 Å². The molecule has 2 heterocycles. The fraction of sp³-hybridized carbons (Fsp3) is 0.267. The number of fused-ring (bicyclic) bond motifs is 1. The minimum absolute atomic E-state index is 0.830. The molecule has 18 heavy (non-hydrogen) atoms. The maximum atomic E-state index is 5.41. The number of pyridine rings is 1. The number of hydrogen-bond acceptors (Lipinski definition) is 3. The van der Waals surface area contributed by atoms with Gasteiger partial charge in [-0.2, -0.15) is 0 Å². The first-order valence-corrected chi connectivity index (χ1v) is 6.25. The quantitative estimate of drug-likeness (QED) is 0.875. The van der Waals surface area contributed by atoms with E-state index in [4.69, 9.17) is 4.74 Å². The number of nitrogens with zero attached hydrogens (tertiary/aromatic N) is 1.